The number of aromatic nitrogens is 2. The number of imidazole rings is 1. The Kier molecular flexibility index (Phi) is 5.48. The van der Waals surface area contributed by atoms with Gasteiger partial charge in [-0.25, -0.2) is 9.78 Å². The molecule has 128 valence electrons. The molecule has 0 aliphatic carbocycles. The van der Waals surface area contributed by atoms with Crippen molar-refractivity contribution in [3.63, 3.8) is 0 Å². The van der Waals surface area contributed by atoms with Gasteiger partial charge in [-0.05, 0) is 37.5 Å². The van der Waals surface area contributed by atoms with Gasteiger partial charge in [0.1, 0.15) is 0 Å². The molecular weight excluding hydrogens is 304 g/mol. The van der Waals surface area contributed by atoms with Crippen molar-refractivity contribution in [3.8, 4) is 5.69 Å². The molecule has 2 aromatic rings. The number of likely N-dealkylation sites (tertiary alicyclic amines) is 1. The molecule has 1 aromatic carbocycles. The first-order chi connectivity index (χ1) is 11.8. The molecule has 0 atom stereocenters. The van der Waals surface area contributed by atoms with Crippen LogP contribution in [0.2, 0.25) is 0 Å². The summed E-state index contributed by atoms with van der Waals surface area (Å²) in [6, 6.07) is 8.92. The summed E-state index contributed by atoms with van der Waals surface area (Å²) in [5, 5.41) is 3.59. The maximum Gasteiger partial charge on any atom is 0.409 e. The van der Waals surface area contributed by atoms with Gasteiger partial charge >= 0.3 is 6.09 Å². The third-order valence-electron chi connectivity index (χ3n) is 4.35. The fourth-order valence-electron chi connectivity index (χ4n) is 2.94. The first kappa shape index (κ1) is 16.5. The highest BCUT2D eigenvalue weighted by atomic mass is 16.6. The van der Waals surface area contributed by atoms with Gasteiger partial charge in [-0.15, -0.1) is 0 Å². The van der Waals surface area contributed by atoms with Gasteiger partial charge in [0.05, 0.1) is 12.9 Å². The van der Waals surface area contributed by atoms with Crippen LogP contribution in [-0.4, -0.2) is 46.3 Å². The van der Waals surface area contributed by atoms with E-state index in [1.165, 1.54) is 5.56 Å². The van der Waals surface area contributed by atoms with Crippen LogP contribution in [-0.2, 0) is 11.3 Å². The lowest BCUT2D eigenvalue weighted by atomic mass is 10.0. The van der Waals surface area contributed by atoms with Crippen LogP contribution in [0.15, 0.2) is 43.0 Å². The first-order valence-electron chi connectivity index (χ1n) is 8.48. The minimum absolute atomic E-state index is 0.189. The maximum atomic E-state index is 11.7. The molecule has 1 aromatic heterocycles. The number of amides is 1. The number of rotatable bonds is 5. The van der Waals surface area contributed by atoms with E-state index in [1.807, 2.05) is 17.7 Å². The van der Waals surface area contributed by atoms with Crippen molar-refractivity contribution in [2.24, 2.45) is 0 Å². The van der Waals surface area contributed by atoms with Crippen LogP contribution >= 0.6 is 0 Å². The monoisotopic (exact) mass is 328 g/mol. The Morgan fingerprint density at radius 3 is 2.67 bits per heavy atom. The van der Waals surface area contributed by atoms with Crippen molar-refractivity contribution in [2.45, 2.75) is 32.4 Å². The highest BCUT2D eigenvalue weighted by molar-refractivity contribution is 5.67. The number of nitrogens with zero attached hydrogens (tertiary/aromatic N) is 3. The topological polar surface area (TPSA) is 59.4 Å². The van der Waals surface area contributed by atoms with E-state index in [0.717, 1.165) is 38.2 Å². The van der Waals surface area contributed by atoms with E-state index in [-0.39, 0.29) is 6.09 Å². The zero-order valence-electron chi connectivity index (χ0n) is 14.0. The lowest BCUT2D eigenvalue weighted by Gasteiger charge is -2.31. The Balaban J connectivity index is 1.44. The van der Waals surface area contributed by atoms with Crippen molar-refractivity contribution < 1.29 is 9.53 Å². The van der Waals surface area contributed by atoms with Gasteiger partial charge in [0.2, 0.25) is 0 Å². The van der Waals surface area contributed by atoms with E-state index in [0.29, 0.717) is 12.6 Å². The van der Waals surface area contributed by atoms with Crippen molar-refractivity contribution in [3.05, 3.63) is 48.5 Å². The van der Waals surface area contributed by atoms with Crippen LogP contribution in [0.3, 0.4) is 0 Å². The van der Waals surface area contributed by atoms with Gasteiger partial charge in [0.25, 0.3) is 0 Å². The Labute approximate surface area is 142 Å². The number of hydrogen-bond donors (Lipinski definition) is 1. The summed E-state index contributed by atoms with van der Waals surface area (Å²) in [7, 11) is 0. The normalized spacial score (nSPS) is 15.5. The van der Waals surface area contributed by atoms with Crippen molar-refractivity contribution in [2.75, 3.05) is 19.7 Å². The molecule has 0 unspecified atom stereocenters. The third-order valence-corrected chi connectivity index (χ3v) is 4.35. The molecule has 1 N–H and O–H groups in total. The number of hydrogen-bond acceptors (Lipinski definition) is 4. The Morgan fingerprint density at radius 2 is 2.04 bits per heavy atom. The van der Waals surface area contributed by atoms with Gasteiger partial charge in [-0.3, -0.25) is 0 Å². The molecule has 1 amide bonds. The SMILES string of the molecule is CCOC(=O)N1CCC(NCc2ccc(-n3ccnc3)cc2)CC1. The van der Waals surface area contributed by atoms with Gasteiger partial charge < -0.3 is 19.5 Å². The molecule has 0 radical (unpaired) electrons. The quantitative estimate of drug-likeness (QED) is 0.916. The minimum atomic E-state index is -0.189. The summed E-state index contributed by atoms with van der Waals surface area (Å²) in [4.78, 5) is 17.5. The summed E-state index contributed by atoms with van der Waals surface area (Å²) in [5.41, 5.74) is 2.37. The van der Waals surface area contributed by atoms with Crippen LogP contribution < -0.4 is 5.32 Å². The number of benzene rings is 1. The zero-order chi connectivity index (χ0) is 16.8. The average molecular weight is 328 g/mol. The number of carbonyl (C=O) groups excluding carboxylic acids is 1. The van der Waals surface area contributed by atoms with Crippen LogP contribution in [0.1, 0.15) is 25.3 Å². The molecule has 1 saturated heterocycles. The highest BCUT2D eigenvalue weighted by Gasteiger charge is 2.22. The number of carbonyl (C=O) groups is 1. The molecule has 0 saturated carbocycles. The Hall–Kier alpha value is -2.34. The third kappa shape index (κ3) is 4.14. The molecule has 1 fully saturated rings. The Morgan fingerprint density at radius 1 is 1.29 bits per heavy atom. The molecule has 6 nitrogen and oxygen atoms in total. The number of piperidine rings is 1. The molecular formula is C18H24N4O2. The average Bonchev–Trinajstić information content (AvgIpc) is 3.16. The van der Waals surface area contributed by atoms with Crippen LogP contribution in [0.25, 0.3) is 5.69 Å². The molecule has 0 spiro atoms. The molecule has 0 bridgehead atoms. The van der Waals surface area contributed by atoms with Crippen molar-refractivity contribution in [1.29, 1.82) is 0 Å². The first-order valence-corrected chi connectivity index (χ1v) is 8.48. The number of nitrogens with one attached hydrogen (secondary N) is 1. The van der Waals surface area contributed by atoms with E-state index in [2.05, 4.69) is 34.6 Å². The summed E-state index contributed by atoms with van der Waals surface area (Å²) in [5.74, 6) is 0. The zero-order valence-corrected chi connectivity index (χ0v) is 14.0. The van der Waals surface area contributed by atoms with Gasteiger partial charge in [0.15, 0.2) is 0 Å². The highest BCUT2D eigenvalue weighted by Crippen LogP contribution is 2.13. The Bertz CT molecular complexity index is 632. The standard InChI is InChI=1S/C18H24N4O2/c1-2-24-18(23)21-10-7-16(8-11-21)20-13-15-3-5-17(6-4-15)22-12-9-19-14-22/h3-6,9,12,14,16,20H,2,7-8,10-11,13H2,1H3. The fraction of sp³-hybridized carbons (Fsp3) is 0.444. The number of ether oxygens (including phenoxy) is 1. The largest absolute Gasteiger partial charge is 0.450 e. The second-order valence-electron chi connectivity index (χ2n) is 5.98. The second kappa shape index (κ2) is 7.97. The smallest absolute Gasteiger partial charge is 0.409 e. The molecule has 2 heterocycles. The predicted molar refractivity (Wildman–Crippen MR) is 92.0 cm³/mol. The second-order valence-corrected chi connectivity index (χ2v) is 5.98. The minimum Gasteiger partial charge on any atom is -0.450 e. The lowest BCUT2D eigenvalue weighted by molar-refractivity contribution is 0.0950. The maximum absolute atomic E-state index is 11.7. The summed E-state index contributed by atoms with van der Waals surface area (Å²) >= 11 is 0. The molecule has 1 aliphatic heterocycles. The molecule has 3 rings (SSSR count). The predicted octanol–water partition coefficient (Wildman–Crippen LogP) is 2.58. The summed E-state index contributed by atoms with van der Waals surface area (Å²) in [6.45, 7) is 4.64. The van der Waals surface area contributed by atoms with Gasteiger partial charge in [-0.2, -0.15) is 0 Å². The molecule has 24 heavy (non-hydrogen) atoms. The van der Waals surface area contributed by atoms with Crippen LogP contribution in [0, 0.1) is 0 Å². The molecule has 1 aliphatic rings. The van der Waals surface area contributed by atoms with Crippen LogP contribution in [0.4, 0.5) is 4.79 Å². The van der Waals surface area contributed by atoms with Gasteiger partial charge in [0, 0.05) is 43.8 Å². The van der Waals surface area contributed by atoms with E-state index >= 15 is 0 Å². The molecule has 6 heteroatoms. The fourth-order valence-corrected chi connectivity index (χ4v) is 2.94. The summed E-state index contributed by atoms with van der Waals surface area (Å²) < 4.78 is 7.04. The van der Waals surface area contributed by atoms with Crippen molar-refractivity contribution in [1.82, 2.24) is 19.8 Å². The van der Waals surface area contributed by atoms with Gasteiger partial charge in [-0.1, -0.05) is 12.1 Å². The lowest BCUT2D eigenvalue weighted by Crippen LogP contribution is -2.44. The van der Waals surface area contributed by atoms with E-state index in [1.54, 1.807) is 17.4 Å². The van der Waals surface area contributed by atoms with E-state index in [4.69, 9.17) is 4.74 Å². The summed E-state index contributed by atoms with van der Waals surface area (Å²) in [6.07, 6.45) is 7.25. The van der Waals surface area contributed by atoms with Crippen LogP contribution in [0.5, 0.6) is 0 Å². The van der Waals surface area contributed by atoms with E-state index < -0.39 is 0 Å². The van der Waals surface area contributed by atoms with Crippen molar-refractivity contribution >= 4 is 6.09 Å². The van der Waals surface area contributed by atoms with E-state index in [9.17, 15) is 4.79 Å².